The molecule has 1 heteroatoms. The van der Waals surface area contributed by atoms with Gasteiger partial charge < -0.3 is 5.73 Å². The topological polar surface area (TPSA) is 26.0 Å². The first-order chi connectivity index (χ1) is 5.76. The minimum absolute atomic E-state index is 0.981. The maximum atomic E-state index is 5.23. The number of nitrogens with two attached hydrogens (primary N) is 1. The minimum atomic E-state index is 0.981. The van der Waals surface area contributed by atoms with Crippen LogP contribution in [0.1, 0.15) is 19.8 Å². The average Bonchev–Trinajstić information content (AvgIpc) is 2.11. The van der Waals surface area contributed by atoms with E-state index in [0.717, 1.165) is 18.4 Å². The van der Waals surface area contributed by atoms with Gasteiger partial charge in [-0.2, -0.15) is 0 Å². The molecule has 0 radical (unpaired) electrons. The summed E-state index contributed by atoms with van der Waals surface area (Å²) in [6, 6.07) is 0. The third-order valence-electron chi connectivity index (χ3n) is 1.59. The van der Waals surface area contributed by atoms with Gasteiger partial charge in [-0.1, -0.05) is 38.7 Å². The monoisotopic (exact) mass is 163 g/mol. The van der Waals surface area contributed by atoms with Crippen molar-refractivity contribution in [3.05, 3.63) is 48.7 Å². The van der Waals surface area contributed by atoms with Crippen molar-refractivity contribution in [2.45, 2.75) is 19.8 Å². The lowest BCUT2D eigenvalue weighted by Gasteiger charge is -2.03. The fourth-order valence-electron chi connectivity index (χ4n) is 0.923. The molecule has 0 aromatic carbocycles. The van der Waals surface area contributed by atoms with E-state index in [0.29, 0.717) is 0 Å². The molecule has 0 aromatic heterocycles. The van der Waals surface area contributed by atoms with Gasteiger partial charge in [0.15, 0.2) is 0 Å². The van der Waals surface area contributed by atoms with Gasteiger partial charge in [0.05, 0.1) is 0 Å². The largest absolute Gasteiger partial charge is 0.405 e. The van der Waals surface area contributed by atoms with Crippen LogP contribution in [-0.2, 0) is 0 Å². The third kappa shape index (κ3) is 3.81. The number of allylic oxidation sites excluding steroid dienone is 5. The van der Waals surface area contributed by atoms with Crippen LogP contribution in [0.3, 0.4) is 0 Å². The molecule has 0 rings (SSSR count). The first-order valence-electron chi connectivity index (χ1n) is 4.15. The summed E-state index contributed by atoms with van der Waals surface area (Å²) in [5, 5.41) is 0. The Morgan fingerprint density at radius 3 is 2.58 bits per heavy atom. The predicted molar refractivity (Wildman–Crippen MR) is 55.7 cm³/mol. The molecule has 0 aliphatic heterocycles. The SMILES string of the molecule is C=CC(=C)/C(=C/C=C\N)CCC. The van der Waals surface area contributed by atoms with Crippen LogP contribution >= 0.6 is 0 Å². The van der Waals surface area contributed by atoms with E-state index in [1.165, 1.54) is 11.8 Å². The van der Waals surface area contributed by atoms with Gasteiger partial charge in [0.2, 0.25) is 0 Å². The molecular formula is C11H17N. The van der Waals surface area contributed by atoms with Crippen molar-refractivity contribution in [3.63, 3.8) is 0 Å². The second kappa shape index (κ2) is 6.47. The molecule has 12 heavy (non-hydrogen) atoms. The van der Waals surface area contributed by atoms with E-state index in [-0.39, 0.29) is 0 Å². The minimum Gasteiger partial charge on any atom is -0.405 e. The maximum Gasteiger partial charge on any atom is -0.00623 e. The van der Waals surface area contributed by atoms with Crippen LogP contribution in [0.2, 0.25) is 0 Å². The summed E-state index contributed by atoms with van der Waals surface area (Å²) in [5.74, 6) is 0. The zero-order chi connectivity index (χ0) is 9.40. The van der Waals surface area contributed by atoms with Crippen molar-refractivity contribution < 1.29 is 0 Å². The molecule has 2 N–H and O–H groups in total. The lowest BCUT2D eigenvalue weighted by Crippen LogP contribution is -1.84. The molecule has 0 saturated heterocycles. The summed E-state index contributed by atoms with van der Waals surface area (Å²) in [5.41, 5.74) is 7.42. The summed E-state index contributed by atoms with van der Waals surface area (Å²) < 4.78 is 0. The number of rotatable bonds is 5. The maximum absolute atomic E-state index is 5.23. The summed E-state index contributed by atoms with van der Waals surface area (Å²) >= 11 is 0. The highest BCUT2D eigenvalue weighted by atomic mass is 14.5. The van der Waals surface area contributed by atoms with Gasteiger partial charge in [0.1, 0.15) is 0 Å². The van der Waals surface area contributed by atoms with E-state index in [2.05, 4.69) is 20.1 Å². The van der Waals surface area contributed by atoms with Crippen LogP contribution in [0.25, 0.3) is 0 Å². The van der Waals surface area contributed by atoms with E-state index in [1.807, 2.05) is 12.2 Å². The molecule has 0 unspecified atom stereocenters. The molecule has 0 aliphatic rings. The van der Waals surface area contributed by atoms with E-state index in [4.69, 9.17) is 5.73 Å². The molecule has 66 valence electrons. The first-order valence-corrected chi connectivity index (χ1v) is 4.15. The highest BCUT2D eigenvalue weighted by molar-refractivity contribution is 5.38. The Hall–Kier alpha value is -1.24. The fourth-order valence-corrected chi connectivity index (χ4v) is 0.923. The van der Waals surface area contributed by atoms with E-state index in [9.17, 15) is 0 Å². The van der Waals surface area contributed by atoms with E-state index in [1.54, 1.807) is 6.08 Å². The van der Waals surface area contributed by atoms with Crippen LogP contribution in [-0.4, -0.2) is 0 Å². The Bertz CT molecular complexity index is 209. The Morgan fingerprint density at radius 1 is 1.50 bits per heavy atom. The second-order valence-electron chi connectivity index (χ2n) is 2.56. The number of hydrogen-bond acceptors (Lipinski definition) is 1. The highest BCUT2D eigenvalue weighted by Gasteiger charge is 1.95. The summed E-state index contributed by atoms with van der Waals surface area (Å²) in [6.45, 7) is 9.70. The molecule has 1 nitrogen and oxygen atoms in total. The van der Waals surface area contributed by atoms with Crippen molar-refractivity contribution in [1.82, 2.24) is 0 Å². The van der Waals surface area contributed by atoms with Gasteiger partial charge in [-0.15, -0.1) is 0 Å². The molecule has 0 bridgehead atoms. The third-order valence-corrected chi connectivity index (χ3v) is 1.59. The average molecular weight is 163 g/mol. The molecule has 0 aromatic rings. The molecule has 0 fully saturated rings. The van der Waals surface area contributed by atoms with Crippen molar-refractivity contribution in [2.24, 2.45) is 5.73 Å². The van der Waals surface area contributed by atoms with Gasteiger partial charge in [-0.05, 0) is 29.8 Å². The first kappa shape index (κ1) is 10.8. The van der Waals surface area contributed by atoms with Crippen molar-refractivity contribution in [1.29, 1.82) is 0 Å². The Labute approximate surface area is 75.0 Å². The van der Waals surface area contributed by atoms with Crippen LogP contribution in [0, 0.1) is 0 Å². The van der Waals surface area contributed by atoms with E-state index >= 15 is 0 Å². The molecular weight excluding hydrogens is 146 g/mol. The van der Waals surface area contributed by atoms with Crippen LogP contribution in [0.5, 0.6) is 0 Å². The summed E-state index contributed by atoms with van der Waals surface area (Å²) in [4.78, 5) is 0. The molecule has 0 saturated carbocycles. The Kier molecular flexibility index (Phi) is 5.80. The fraction of sp³-hybridized carbons (Fsp3) is 0.273. The lowest BCUT2D eigenvalue weighted by molar-refractivity contribution is 0.919. The molecule has 0 atom stereocenters. The van der Waals surface area contributed by atoms with Gasteiger partial charge >= 0.3 is 0 Å². The molecule has 0 heterocycles. The normalized spacial score (nSPS) is 11.9. The van der Waals surface area contributed by atoms with Gasteiger partial charge in [0, 0.05) is 0 Å². The van der Waals surface area contributed by atoms with Gasteiger partial charge in [-0.3, -0.25) is 0 Å². The van der Waals surface area contributed by atoms with Crippen LogP contribution < -0.4 is 5.73 Å². The Morgan fingerprint density at radius 2 is 2.17 bits per heavy atom. The van der Waals surface area contributed by atoms with Crippen LogP contribution in [0.15, 0.2) is 48.7 Å². The standard InChI is InChI=1S/C11H17N/c1-4-7-11(8-6-9-12)10(3)5-2/h5-6,8-9H,2-4,7,12H2,1H3/b9-6-,11-8+. The van der Waals surface area contributed by atoms with Gasteiger partial charge in [0.25, 0.3) is 0 Å². The molecule has 0 amide bonds. The molecule has 0 spiro atoms. The zero-order valence-corrected chi connectivity index (χ0v) is 7.72. The summed E-state index contributed by atoms with van der Waals surface area (Å²) in [6.07, 6.45) is 9.22. The second-order valence-corrected chi connectivity index (χ2v) is 2.56. The lowest BCUT2D eigenvalue weighted by atomic mass is 10.0. The van der Waals surface area contributed by atoms with Gasteiger partial charge in [-0.25, -0.2) is 0 Å². The number of hydrogen-bond donors (Lipinski definition) is 1. The quantitative estimate of drug-likeness (QED) is 0.619. The molecule has 0 aliphatic carbocycles. The van der Waals surface area contributed by atoms with E-state index < -0.39 is 0 Å². The van der Waals surface area contributed by atoms with Crippen molar-refractivity contribution in [3.8, 4) is 0 Å². The predicted octanol–water partition coefficient (Wildman–Crippen LogP) is 2.93. The zero-order valence-electron chi connectivity index (χ0n) is 7.72. The van der Waals surface area contributed by atoms with Crippen molar-refractivity contribution in [2.75, 3.05) is 0 Å². The highest BCUT2D eigenvalue weighted by Crippen LogP contribution is 2.14. The van der Waals surface area contributed by atoms with Crippen LogP contribution in [0.4, 0.5) is 0 Å². The Balaban J connectivity index is 4.41. The summed E-state index contributed by atoms with van der Waals surface area (Å²) in [7, 11) is 0. The van der Waals surface area contributed by atoms with Crippen molar-refractivity contribution >= 4 is 0 Å². The smallest absolute Gasteiger partial charge is 0.00623 e.